The largest absolute Gasteiger partial charge is 0.317 e. The van der Waals surface area contributed by atoms with Gasteiger partial charge in [0.05, 0.1) is 0 Å². The van der Waals surface area contributed by atoms with E-state index in [-0.39, 0.29) is 0 Å². The number of rotatable bonds is 3. The summed E-state index contributed by atoms with van der Waals surface area (Å²) in [6.45, 7) is 9.10. The maximum absolute atomic E-state index is 4.43. The highest BCUT2D eigenvalue weighted by Crippen LogP contribution is 2.31. The van der Waals surface area contributed by atoms with Crippen molar-refractivity contribution in [3.63, 3.8) is 0 Å². The summed E-state index contributed by atoms with van der Waals surface area (Å²) in [7, 11) is 0. The van der Waals surface area contributed by atoms with Gasteiger partial charge in [-0.1, -0.05) is 6.92 Å². The average Bonchev–Trinajstić information content (AvgIpc) is 2.78. The van der Waals surface area contributed by atoms with Crippen LogP contribution < -0.4 is 5.32 Å². The normalized spacial score (nSPS) is 20.2. The summed E-state index contributed by atoms with van der Waals surface area (Å²) >= 11 is 0. The monoisotopic (exact) mass is 221 g/mol. The molecule has 0 saturated carbocycles. The smallest absolute Gasteiger partial charge is 0.0492 e. The molecule has 2 heterocycles. The van der Waals surface area contributed by atoms with Gasteiger partial charge in [-0.05, 0) is 51.8 Å². The van der Waals surface area contributed by atoms with E-state index in [1.807, 2.05) is 6.20 Å². The first kappa shape index (κ1) is 11.6. The summed E-state index contributed by atoms with van der Waals surface area (Å²) in [5, 5.41) is 7.86. The molecule has 1 N–H and O–H groups in total. The molecule has 0 aliphatic carbocycles. The highest BCUT2D eigenvalue weighted by atomic mass is 15.3. The van der Waals surface area contributed by atoms with E-state index in [0.717, 1.165) is 5.92 Å². The third-order valence-corrected chi connectivity index (χ3v) is 3.75. The number of nitrogens with one attached hydrogen (secondary N) is 1. The molecule has 0 radical (unpaired) electrons. The molecule has 2 rings (SSSR count). The van der Waals surface area contributed by atoms with Crippen LogP contribution in [0.2, 0.25) is 0 Å². The molecule has 1 aromatic heterocycles. The van der Waals surface area contributed by atoms with Crippen molar-refractivity contribution in [1.29, 1.82) is 0 Å². The van der Waals surface area contributed by atoms with Crippen LogP contribution >= 0.6 is 0 Å². The van der Waals surface area contributed by atoms with Crippen LogP contribution in [0.1, 0.15) is 51.3 Å². The zero-order valence-electron chi connectivity index (χ0n) is 10.6. The minimum atomic E-state index is 0.467. The summed E-state index contributed by atoms with van der Waals surface area (Å²) in [6, 6.07) is 2.65. The number of aromatic nitrogens is 2. The van der Waals surface area contributed by atoms with E-state index in [0.29, 0.717) is 12.0 Å². The Bertz CT molecular complexity index is 324. The van der Waals surface area contributed by atoms with Gasteiger partial charge in [-0.2, -0.15) is 5.10 Å². The Hall–Kier alpha value is -0.830. The Morgan fingerprint density at radius 3 is 2.62 bits per heavy atom. The number of piperidine rings is 1. The van der Waals surface area contributed by atoms with Gasteiger partial charge in [-0.25, -0.2) is 0 Å². The van der Waals surface area contributed by atoms with E-state index in [2.05, 4.69) is 41.9 Å². The summed E-state index contributed by atoms with van der Waals surface area (Å²) in [4.78, 5) is 0. The lowest BCUT2D eigenvalue weighted by atomic mass is 9.84. The highest BCUT2D eigenvalue weighted by Gasteiger charge is 2.24. The van der Waals surface area contributed by atoms with Crippen molar-refractivity contribution in [2.75, 3.05) is 13.1 Å². The molecule has 1 saturated heterocycles. The van der Waals surface area contributed by atoms with Gasteiger partial charge in [0, 0.05) is 23.9 Å². The Morgan fingerprint density at radius 2 is 2.00 bits per heavy atom. The van der Waals surface area contributed by atoms with Gasteiger partial charge in [0.15, 0.2) is 0 Å². The van der Waals surface area contributed by atoms with Crippen molar-refractivity contribution in [2.24, 2.45) is 5.92 Å². The predicted molar refractivity (Wildman–Crippen MR) is 66.6 cm³/mol. The minimum absolute atomic E-state index is 0.467. The lowest BCUT2D eigenvalue weighted by molar-refractivity contribution is 0.315. The summed E-state index contributed by atoms with van der Waals surface area (Å²) in [6.07, 6.45) is 4.53. The van der Waals surface area contributed by atoms with Crippen LogP contribution in [0.25, 0.3) is 0 Å². The van der Waals surface area contributed by atoms with Crippen molar-refractivity contribution < 1.29 is 0 Å². The first-order chi connectivity index (χ1) is 7.70. The lowest BCUT2D eigenvalue weighted by Crippen LogP contribution is -2.30. The Labute approximate surface area is 98.2 Å². The molecule has 1 atom stereocenters. The summed E-state index contributed by atoms with van der Waals surface area (Å²) in [5.74, 6) is 1.45. The van der Waals surface area contributed by atoms with Crippen molar-refractivity contribution in [3.05, 3.63) is 18.0 Å². The van der Waals surface area contributed by atoms with Crippen molar-refractivity contribution in [3.8, 4) is 0 Å². The molecule has 0 bridgehead atoms. The lowest BCUT2D eigenvalue weighted by Gasteiger charge is -2.29. The fourth-order valence-electron chi connectivity index (χ4n) is 2.70. The minimum Gasteiger partial charge on any atom is -0.317 e. The van der Waals surface area contributed by atoms with Crippen LogP contribution in [-0.2, 0) is 0 Å². The van der Waals surface area contributed by atoms with Crippen LogP contribution in [0, 0.1) is 5.92 Å². The predicted octanol–water partition coefficient (Wildman–Crippen LogP) is 2.57. The molecule has 0 spiro atoms. The van der Waals surface area contributed by atoms with E-state index >= 15 is 0 Å². The molecule has 0 aromatic carbocycles. The van der Waals surface area contributed by atoms with Gasteiger partial charge in [-0.15, -0.1) is 0 Å². The van der Waals surface area contributed by atoms with Crippen LogP contribution in [0.4, 0.5) is 0 Å². The summed E-state index contributed by atoms with van der Waals surface area (Å²) < 4.78 is 2.17. The zero-order valence-corrected chi connectivity index (χ0v) is 10.6. The second kappa shape index (κ2) is 5.00. The number of hydrogen-bond donors (Lipinski definition) is 1. The van der Waals surface area contributed by atoms with Gasteiger partial charge < -0.3 is 5.32 Å². The summed E-state index contributed by atoms with van der Waals surface area (Å²) in [5.41, 5.74) is 1.40. The van der Waals surface area contributed by atoms with Gasteiger partial charge in [0.2, 0.25) is 0 Å². The Morgan fingerprint density at radius 1 is 1.31 bits per heavy atom. The van der Waals surface area contributed by atoms with Crippen LogP contribution in [0.15, 0.2) is 12.3 Å². The number of hydrogen-bond acceptors (Lipinski definition) is 2. The molecule has 90 valence electrons. The molecular weight excluding hydrogens is 198 g/mol. The maximum atomic E-state index is 4.43. The molecule has 1 fully saturated rings. The quantitative estimate of drug-likeness (QED) is 0.850. The van der Waals surface area contributed by atoms with Crippen LogP contribution in [-0.4, -0.2) is 22.9 Å². The van der Waals surface area contributed by atoms with Gasteiger partial charge in [0.25, 0.3) is 0 Å². The van der Waals surface area contributed by atoms with E-state index < -0.39 is 0 Å². The van der Waals surface area contributed by atoms with E-state index in [9.17, 15) is 0 Å². The zero-order chi connectivity index (χ0) is 11.5. The molecule has 1 aliphatic rings. The van der Waals surface area contributed by atoms with Crippen molar-refractivity contribution in [2.45, 2.75) is 45.6 Å². The molecule has 1 aliphatic heterocycles. The Kier molecular flexibility index (Phi) is 3.64. The standard InChI is InChI=1S/C13H23N3/c1-10(2)16-13(6-9-15-16)11(3)12-4-7-14-8-5-12/h6,9-12,14H,4-5,7-8H2,1-3H3. The Balaban J connectivity index is 2.12. The van der Waals surface area contributed by atoms with E-state index in [4.69, 9.17) is 0 Å². The highest BCUT2D eigenvalue weighted by molar-refractivity contribution is 5.09. The molecule has 1 aromatic rings. The van der Waals surface area contributed by atoms with Gasteiger partial charge >= 0.3 is 0 Å². The van der Waals surface area contributed by atoms with Gasteiger partial charge in [0.1, 0.15) is 0 Å². The first-order valence-corrected chi connectivity index (χ1v) is 6.44. The topological polar surface area (TPSA) is 29.9 Å². The third-order valence-electron chi connectivity index (χ3n) is 3.75. The SMILES string of the molecule is CC(c1ccnn1C(C)C)C1CCNCC1. The van der Waals surface area contributed by atoms with Crippen LogP contribution in [0.3, 0.4) is 0 Å². The maximum Gasteiger partial charge on any atom is 0.0492 e. The van der Waals surface area contributed by atoms with Crippen molar-refractivity contribution in [1.82, 2.24) is 15.1 Å². The average molecular weight is 221 g/mol. The van der Waals surface area contributed by atoms with E-state index in [1.54, 1.807) is 0 Å². The molecular formula is C13H23N3. The second-order valence-corrected chi connectivity index (χ2v) is 5.17. The second-order valence-electron chi connectivity index (χ2n) is 5.17. The van der Waals surface area contributed by atoms with Gasteiger partial charge in [-0.3, -0.25) is 4.68 Å². The number of nitrogens with zero attached hydrogens (tertiary/aromatic N) is 2. The fourth-order valence-corrected chi connectivity index (χ4v) is 2.70. The van der Waals surface area contributed by atoms with E-state index in [1.165, 1.54) is 31.6 Å². The molecule has 0 amide bonds. The molecule has 1 unspecified atom stereocenters. The van der Waals surface area contributed by atoms with Crippen molar-refractivity contribution >= 4 is 0 Å². The third kappa shape index (κ3) is 2.29. The molecule has 3 nitrogen and oxygen atoms in total. The van der Waals surface area contributed by atoms with Crippen LogP contribution in [0.5, 0.6) is 0 Å². The molecule has 16 heavy (non-hydrogen) atoms. The fraction of sp³-hybridized carbons (Fsp3) is 0.769. The first-order valence-electron chi connectivity index (χ1n) is 6.44. The molecule has 3 heteroatoms.